The molecule has 0 spiro atoms. The summed E-state index contributed by atoms with van der Waals surface area (Å²) < 4.78 is 1.29. The molecule has 0 aliphatic heterocycles. The van der Waals surface area contributed by atoms with Gasteiger partial charge < -0.3 is 5.11 Å². The Morgan fingerprint density at radius 2 is 1.81 bits per heavy atom. The monoisotopic (exact) mass is 288 g/mol. The molecule has 0 saturated carbocycles. The van der Waals surface area contributed by atoms with E-state index in [2.05, 4.69) is 4.98 Å². The lowest BCUT2D eigenvalue weighted by atomic mass is 10.0. The van der Waals surface area contributed by atoms with Crippen LogP contribution in [0.25, 0.3) is 11.1 Å². The Hall–Kier alpha value is -2.30. The van der Waals surface area contributed by atoms with Crippen LogP contribution in [0.4, 0.5) is 0 Å². The maximum absolute atomic E-state index is 12.1. The summed E-state index contributed by atoms with van der Waals surface area (Å²) in [5.41, 5.74) is -0.422. The molecule has 1 atom stereocenters. The van der Waals surface area contributed by atoms with Gasteiger partial charge in [-0.2, -0.15) is 0 Å². The molecule has 0 radical (unpaired) electrons. The molecule has 0 aliphatic rings. The highest BCUT2D eigenvalue weighted by molar-refractivity contribution is 5.67. The molecule has 0 amide bonds. The summed E-state index contributed by atoms with van der Waals surface area (Å²) in [6.07, 6.45) is 0.686. The number of hydrogen-bond donors (Lipinski definition) is 2. The van der Waals surface area contributed by atoms with Gasteiger partial charge in [0, 0.05) is 6.04 Å². The van der Waals surface area contributed by atoms with Gasteiger partial charge in [0.15, 0.2) is 0 Å². The number of benzene rings is 1. The fourth-order valence-corrected chi connectivity index (χ4v) is 2.66. The highest BCUT2D eigenvalue weighted by Gasteiger charge is 2.22. The van der Waals surface area contributed by atoms with Crippen LogP contribution < -0.4 is 11.2 Å². The zero-order valence-corrected chi connectivity index (χ0v) is 12.5. The van der Waals surface area contributed by atoms with Gasteiger partial charge in [0.05, 0.1) is 0 Å². The molecule has 1 aromatic heterocycles. The molecule has 5 heteroatoms. The van der Waals surface area contributed by atoms with Crippen molar-refractivity contribution in [2.75, 3.05) is 0 Å². The molecule has 21 heavy (non-hydrogen) atoms. The summed E-state index contributed by atoms with van der Waals surface area (Å²) in [6, 6.07) is 8.68. The van der Waals surface area contributed by atoms with Crippen LogP contribution in [-0.2, 0) is 0 Å². The van der Waals surface area contributed by atoms with Crippen molar-refractivity contribution in [1.82, 2.24) is 9.55 Å². The van der Waals surface area contributed by atoms with Crippen molar-refractivity contribution in [3.05, 3.63) is 51.2 Å². The fraction of sp³-hybridized carbons (Fsp3) is 0.375. The van der Waals surface area contributed by atoms with E-state index < -0.39 is 11.2 Å². The molecule has 112 valence electrons. The van der Waals surface area contributed by atoms with Gasteiger partial charge in [0.25, 0.3) is 5.56 Å². The number of H-pyrrole nitrogens is 1. The van der Waals surface area contributed by atoms with E-state index in [9.17, 15) is 14.7 Å². The maximum Gasteiger partial charge on any atom is 0.331 e. The molecule has 1 unspecified atom stereocenters. The maximum atomic E-state index is 12.1. The summed E-state index contributed by atoms with van der Waals surface area (Å²) in [4.78, 5) is 26.5. The first kappa shape index (κ1) is 15.1. The normalized spacial score (nSPS) is 12.6. The highest BCUT2D eigenvalue weighted by atomic mass is 16.3. The second-order valence-electron chi connectivity index (χ2n) is 5.41. The smallest absolute Gasteiger partial charge is 0.331 e. The SMILES string of the molecule is CCC(C(C)C)n1c(O)c(-c2ccccc2)c(=O)[nH]c1=O. The van der Waals surface area contributed by atoms with E-state index in [1.807, 2.05) is 26.8 Å². The minimum Gasteiger partial charge on any atom is -0.494 e. The lowest BCUT2D eigenvalue weighted by molar-refractivity contribution is 0.302. The van der Waals surface area contributed by atoms with Gasteiger partial charge in [0.2, 0.25) is 5.88 Å². The molecule has 0 saturated heterocycles. The zero-order valence-electron chi connectivity index (χ0n) is 12.5. The minimum absolute atomic E-state index is 0.134. The molecular weight excluding hydrogens is 268 g/mol. The number of hydrogen-bond acceptors (Lipinski definition) is 3. The molecule has 1 aromatic carbocycles. The van der Waals surface area contributed by atoms with Gasteiger partial charge in [-0.25, -0.2) is 4.79 Å². The zero-order chi connectivity index (χ0) is 15.6. The molecule has 0 fully saturated rings. The van der Waals surface area contributed by atoms with Crippen LogP contribution >= 0.6 is 0 Å². The second kappa shape index (κ2) is 5.99. The molecule has 2 rings (SSSR count). The number of nitrogens with zero attached hydrogens (tertiary/aromatic N) is 1. The topological polar surface area (TPSA) is 75.1 Å². The number of aromatic amines is 1. The largest absolute Gasteiger partial charge is 0.494 e. The van der Waals surface area contributed by atoms with Gasteiger partial charge in [-0.15, -0.1) is 0 Å². The Morgan fingerprint density at radius 3 is 2.33 bits per heavy atom. The first-order valence-electron chi connectivity index (χ1n) is 7.10. The molecule has 2 N–H and O–H groups in total. The van der Waals surface area contributed by atoms with Crippen molar-refractivity contribution in [1.29, 1.82) is 0 Å². The van der Waals surface area contributed by atoms with Crippen LogP contribution in [0.5, 0.6) is 5.88 Å². The predicted octanol–water partition coefficient (Wildman–Crippen LogP) is 2.52. The highest BCUT2D eigenvalue weighted by Crippen LogP contribution is 2.29. The van der Waals surface area contributed by atoms with Crippen molar-refractivity contribution in [3.63, 3.8) is 0 Å². The van der Waals surface area contributed by atoms with E-state index in [-0.39, 0.29) is 23.4 Å². The van der Waals surface area contributed by atoms with E-state index in [0.29, 0.717) is 12.0 Å². The van der Waals surface area contributed by atoms with Gasteiger partial charge in [0.1, 0.15) is 5.56 Å². The van der Waals surface area contributed by atoms with Crippen LogP contribution in [0, 0.1) is 5.92 Å². The molecular formula is C16H20N2O3. The summed E-state index contributed by atoms with van der Waals surface area (Å²) in [7, 11) is 0. The third kappa shape index (κ3) is 2.77. The fourth-order valence-electron chi connectivity index (χ4n) is 2.66. The Morgan fingerprint density at radius 1 is 1.19 bits per heavy atom. The third-order valence-electron chi connectivity index (χ3n) is 3.70. The van der Waals surface area contributed by atoms with Crippen LogP contribution in [0.1, 0.15) is 33.2 Å². The lowest BCUT2D eigenvalue weighted by Crippen LogP contribution is -2.35. The average Bonchev–Trinajstić information content (AvgIpc) is 2.43. The van der Waals surface area contributed by atoms with Crippen LogP contribution in [0.15, 0.2) is 39.9 Å². The van der Waals surface area contributed by atoms with Crippen molar-refractivity contribution >= 4 is 0 Å². The number of aromatic hydroxyl groups is 1. The van der Waals surface area contributed by atoms with Crippen LogP contribution in [0.3, 0.4) is 0 Å². The van der Waals surface area contributed by atoms with Crippen molar-refractivity contribution < 1.29 is 5.11 Å². The standard InChI is InChI=1S/C16H20N2O3/c1-4-12(10(2)3)18-15(20)13(14(19)17-16(18)21)11-8-6-5-7-9-11/h5-10,12,20H,4H2,1-3H3,(H,17,19,21). The van der Waals surface area contributed by atoms with Gasteiger partial charge in [-0.1, -0.05) is 51.1 Å². The number of aromatic nitrogens is 2. The molecule has 0 aliphatic carbocycles. The summed E-state index contributed by atoms with van der Waals surface area (Å²) in [5.74, 6) is -0.108. The Balaban J connectivity index is 2.75. The lowest BCUT2D eigenvalue weighted by Gasteiger charge is -2.23. The summed E-state index contributed by atoms with van der Waals surface area (Å²) in [6.45, 7) is 5.91. The van der Waals surface area contributed by atoms with Gasteiger partial charge in [-0.05, 0) is 17.9 Å². The number of nitrogens with one attached hydrogen (secondary N) is 1. The van der Waals surface area contributed by atoms with Gasteiger partial charge >= 0.3 is 5.69 Å². The number of rotatable bonds is 4. The second-order valence-corrected chi connectivity index (χ2v) is 5.41. The average molecular weight is 288 g/mol. The molecule has 5 nitrogen and oxygen atoms in total. The van der Waals surface area contributed by atoms with Crippen LogP contribution in [-0.4, -0.2) is 14.7 Å². The minimum atomic E-state index is -0.572. The molecule has 0 bridgehead atoms. The van der Waals surface area contributed by atoms with E-state index in [1.165, 1.54) is 4.57 Å². The molecule has 1 heterocycles. The Labute approximate surface area is 122 Å². The summed E-state index contributed by atoms with van der Waals surface area (Å²) >= 11 is 0. The first-order chi connectivity index (χ1) is 9.97. The van der Waals surface area contributed by atoms with E-state index >= 15 is 0 Å². The predicted molar refractivity (Wildman–Crippen MR) is 82.6 cm³/mol. The van der Waals surface area contributed by atoms with E-state index in [0.717, 1.165) is 0 Å². The Kier molecular flexibility index (Phi) is 4.31. The first-order valence-corrected chi connectivity index (χ1v) is 7.10. The quantitative estimate of drug-likeness (QED) is 0.907. The molecule has 2 aromatic rings. The van der Waals surface area contributed by atoms with Crippen LogP contribution in [0.2, 0.25) is 0 Å². The van der Waals surface area contributed by atoms with E-state index in [4.69, 9.17) is 0 Å². The van der Waals surface area contributed by atoms with Crippen molar-refractivity contribution in [2.24, 2.45) is 5.92 Å². The van der Waals surface area contributed by atoms with Gasteiger partial charge in [-0.3, -0.25) is 14.3 Å². The van der Waals surface area contributed by atoms with Crippen molar-refractivity contribution in [3.8, 4) is 17.0 Å². The third-order valence-corrected chi connectivity index (χ3v) is 3.70. The summed E-state index contributed by atoms with van der Waals surface area (Å²) in [5, 5.41) is 10.5. The van der Waals surface area contributed by atoms with E-state index in [1.54, 1.807) is 24.3 Å². The Bertz CT molecular complexity index is 729. The van der Waals surface area contributed by atoms with Crippen molar-refractivity contribution in [2.45, 2.75) is 33.2 Å².